The Labute approximate surface area is 177 Å². The van der Waals surface area contributed by atoms with Crippen LogP contribution in [0.1, 0.15) is 28.9 Å². The van der Waals surface area contributed by atoms with Crippen molar-refractivity contribution in [3.05, 3.63) is 59.8 Å². The molecule has 2 fully saturated rings. The number of nitrogens with zero attached hydrogens (tertiary/aromatic N) is 5. The fraction of sp³-hybridized carbons (Fsp3) is 0.375. The van der Waals surface area contributed by atoms with Gasteiger partial charge in [-0.25, -0.2) is 4.98 Å². The lowest BCUT2D eigenvalue weighted by atomic mass is 10.1. The van der Waals surface area contributed by atoms with Crippen LogP contribution in [0.5, 0.6) is 0 Å². The topological polar surface area (TPSA) is 52.6 Å². The van der Waals surface area contributed by atoms with E-state index in [0.29, 0.717) is 13.1 Å². The van der Waals surface area contributed by atoms with Gasteiger partial charge in [0.05, 0.1) is 0 Å². The second-order valence-electron chi connectivity index (χ2n) is 8.20. The smallest absolute Gasteiger partial charge is 0.253 e. The molecule has 6 nitrogen and oxygen atoms in total. The molecule has 0 saturated carbocycles. The first-order valence-electron chi connectivity index (χ1n) is 10.8. The first-order valence-corrected chi connectivity index (χ1v) is 10.8. The molecule has 0 bridgehead atoms. The number of carbonyl (C=O) groups is 1. The van der Waals surface area contributed by atoms with Crippen LogP contribution in [0.2, 0.25) is 0 Å². The highest BCUT2D eigenvalue weighted by atomic mass is 16.2. The quantitative estimate of drug-likeness (QED) is 0.672. The maximum absolute atomic E-state index is 13.0. The van der Waals surface area contributed by atoms with Gasteiger partial charge in [0.25, 0.3) is 5.91 Å². The standard InChI is InChI=1S/C24H27N5O/c1-18-16-22(27-10-4-5-11-27)26-24(25-18)29-14-12-28(13-15-29)23(30)21-9-8-19-6-2-3-7-20(19)17-21/h2-3,6-9,16-17H,4-5,10-15H2,1H3. The number of anilines is 2. The molecule has 3 aromatic rings. The molecule has 6 heteroatoms. The minimum Gasteiger partial charge on any atom is -0.356 e. The maximum atomic E-state index is 13.0. The van der Waals surface area contributed by atoms with Gasteiger partial charge in [-0.2, -0.15) is 4.98 Å². The lowest BCUT2D eigenvalue weighted by Gasteiger charge is -2.35. The number of hydrogen-bond acceptors (Lipinski definition) is 5. The number of amides is 1. The molecule has 0 spiro atoms. The molecule has 0 radical (unpaired) electrons. The van der Waals surface area contributed by atoms with Gasteiger partial charge in [0.15, 0.2) is 0 Å². The van der Waals surface area contributed by atoms with Crippen LogP contribution in [0.4, 0.5) is 11.8 Å². The summed E-state index contributed by atoms with van der Waals surface area (Å²) in [5.41, 5.74) is 1.75. The SMILES string of the molecule is Cc1cc(N2CCCC2)nc(N2CCN(C(=O)c3ccc4ccccc4c3)CC2)n1. The van der Waals surface area contributed by atoms with Gasteiger partial charge in [-0.1, -0.05) is 30.3 Å². The Kier molecular flexibility index (Phi) is 4.99. The van der Waals surface area contributed by atoms with Crippen LogP contribution in [0.3, 0.4) is 0 Å². The van der Waals surface area contributed by atoms with E-state index in [0.717, 1.165) is 60.0 Å². The van der Waals surface area contributed by atoms with E-state index in [1.54, 1.807) is 0 Å². The van der Waals surface area contributed by atoms with Crippen molar-refractivity contribution in [1.82, 2.24) is 14.9 Å². The zero-order chi connectivity index (χ0) is 20.5. The van der Waals surface area contributed by atoms with Gasteiger partial charge in [0, 0.05) is 56.6 Å². The molecule has 0 N–H and O–H groups in total. The van der Waals surface area contributed by atoms with Crippen LogP contribution in [-0.2, 0) is 0 Å². The summed E-state index contributed by atoms with van der Waals surface area (Å²) in [5, 5.41) is 2.26. The first-order chi connectivity index (χ1) is 14.7. The highest BCUT2D eigenvalue weighted by Crippen LogP contribution is 2.23. The van der Waals surface area contributed by atoms with Crippen molar-refractivity contribution in [3.63, 3.8) is 0 Å². The summed E-state index contributed by atoms with van der Waals surface area (Å²) in [6.45, 7) is 7.05. The molecule has 2 saturated heterocycles. The molecular formula is C24H27N5O. The van der Waals surface area contributed by atoms with Crippen LogP contribution in [0.15, 0.2) is 48.5 Å². The second-order valence-corrected chi connectivity index (χ2v) is 8.20. The highest BCUT2D eigenvalue weighted by Gasteiger charge is 2.25. The summed E-state index contributed by atoms with van der Waals surface area (Å²) in [6, 6.07) is 16.2. The van der Waals surface area contributed by atoms with Crippen molar-refractivity contribution in [2.24, 2.45) is 0 Å². The summed E-state index contributed by atoms with van der Waals surface area (Å²) in [7, 11) is 0. The zero-order valence-electron chi connectivity index (χ0n) is 17.4. The molecule has 154 valence electrons. The molecule has 3 heterocycles. The van der Waals surface area contributed by atoms with Crippen LogP contribution < -0.4 is 9.80 Å². The summed E-state index contributed by atoms with van der Waals surface area (Å²) < 4.78 is 0. The third-order valence-corrected chi connectivity index (χ3v) is 6.11. The second kappa shape index (κ2) is 7.94. The van der Waals surface area contributed by atoms with Crippen molar-refractivity contribution in [3.8, 4) is 0 Å². The van der Waals surface area contributed by atoms with E-state index < -0.39 is 0 Å². The summed E-state index contributed by atoms with van der Waals surface area (Å²) in [4.78, 5) is 29.0. The number of hydrogen-bond donors (Lipinski definition) is 0. The molecule has 2 aromatic carbocycles. The molecule has 0 aliphatic carbocycles. The largest absolute Gasteiger partial charge is 0.356 e. The lowest BCUT2D eigenvalue weighted by Crippen LogP contribution is -2.49. The Morgan fingerprint density at radius 1 is 0.800 bits per heavy atom. The van der Waals surface area contributed by atoms with Crippen LogP contribution >= 0.6 is 0 Å². The normalized spacial score (nSPS) is 17.0. The van der Waals surface area contributed by atoms with Gasteiger partial charge in [0.2, 0.25) is 5.95 Å². The fourth-order valence-electron chi connectivity index (χ4n) is 4.40. The zero-order valence-corrected chi connectivity index (χ0v) is 17.4. The number of aromatic nitrogens is 2. The monoisotopic (exact) mass is 401 g/mol. The molecule has 5 rings (SSSR count). The molecule has 1 amide bonds. The van der Waals surface area contributed by atoms with Crippen LogP contribution in [0, 0.1) is 6.92 Å². The third-order valence-electron chi connectivity index (χ3n) is 6.11. The van der Waals surface area contributed by atoms with Crippen molar-refractivity contribution in [1.29, 1.82) is 0 Å². The number of carbonyl (C=O) groups excluding carboxylic acids is 1. The summed E-state index contributed by atoms with van der Waals surface area (Å²) >= 11 is 0. The number of rotatable bonds is 3. The van der Waals surface area contributed by atoms with Gasteiger partial charge in [-0.15, -0.1) is 0 Å². The Morgan fingerprint density at radius 2 is 1.53 bits per heavy atom. The van der Waals surface area contributed by atoms with Crippen LogP contribution in [0.25, 0.3) is 10.8 Å². The molecule has 1 aromatic heterocycles. The molecule has 2 aliphatic rings. The third kappa shape index (κ3) is 3.70. The Morgan fingerprint density at radius 3 is 2.30 bits per heavy atom. The van der Waals surface area contributed by atoms with Gasteiger partial charge in [0.1, 0.15) is 5.82 Å². The highest BCUT2D eigenvalue weighted by molar-refractivity contribution is 5.98. The molecular weight excluding hydrogens is 374 g/mol. The maximum Gasteiger partial charge on any atom is 0.253 e. The Bertz CT molecular complexity index is 1070. The van der Waals surface area contributed by atoms with E-state index in [1.807, 2.05) is 42.2 Å². The molecule has 2 aliphatic heterocycles. The van der Waals surface area contributed by atoms with Crippen molar-refractivity contribution < 1.29 is 4.79 Å². The number of piperazine rings is 1. The Hall–Kier alpha value is -3.15. The van der Waals surface area contributed by atoms with E-state index in [4.69, 9.17) is 4.98 Å². The fourth-order valence-corrected chi connectivity index (χ4v) is 4.40. The van der Waals surface area contributed by atoms with E-state index >= 15 is 0 Å². The predicted octanol–water partition coefficient (Wildman–Crippen LogP) is 3.50. The van der Waals surface area contributed by atoms with E-state index in [9.17, 15) is 4.79 Å². The lowest BCUT2D eigenvalue weighted by molar-refractivity contribution is 0.0746. The van der Waals surface area contributed by atoms with Crippen molar-refractivity contribution in [2.45, 2.75) is 19.8 Å². The van der Waals surface area contributed by atoms with Gasteiger partial charge in [-0.05, 0) is 42.7 Å². The molecule has 0 atom stereocenters. The van der Waals surface area contributed by atoms with Gasteiger partial charge >= 0.3 is 0 Å². The van der Waals surface area contributed by atoms with E-state index in [-0.39, 0.29) is 5.91 Å². The van der Waals surface area contributed by atoms with Crippen LogP contribution in [-0.4, -0.2) is 60.0 Å². The summed E-state index contributed by atoms with van der Waals surface area (Å²) in [6.07, 6.45) is 2.46. The van der Waals surface area contributed by atoms with Crippen molar-refractivity contribution in [2.75, 3.05) is 49.1 Å². The van der Waals surface area contributed by atoms with E-state index in [2.05, 4.69) is 33.0 Å². The number of aryl methyl sites for hydroxylation is 1. The summed E-state index contributed by atoms with van der Waals surface area (Å²) in [5.74, 6) is 1.92. The minimum absolute atomic E-state index is 0.100. The van der Waals surface area contributed by atoms with Crippen molar-refractivity contribution >= 4 is 28.4 Å². The van der Waals surface area contributed by atoms with E-state index in [1.165, 1.54) is 12.8 Å². The Balaban J connectivity index is 1.28. The molecule has 30 heavy (non-hydrogen) atoms. The average Bonchev–Trinajstić information content (AvgIpc) is 3.33. The van der Waals surface area contributed by atoms with Gasteiger partial charge in [-0.3, -0.25) is 4.79 Å². The molecule has 0 unspecified atom stereocenters. The predicted molar refractivity (Wildman–Crippen MR) is 120 cm³/mol. The first kappa shape index (κ1) is 18.9. The number of fused-ring (bicyclic) bond motifs is 1. The minimum atomic E-state index is 0.100. The van der Waals surface area contributed by atoms with Gasteiger partial charge < -0.3 is 14.7 Å². The number of benzene rings is 2. The average molecular weight is 402 g/mol.